The monoisotopic (exact) mass is 708 g/mol. The van der Waals surface area contributed by atoms with E-state index in [1.54, 1.807) is 0 Å². The Morgan fingerprint density at radius 1 is 0.620 bits per heavy atom. The van der Waals surface area contributed by atoms with Gasteiger partial charge in [0.1, 0.15) is 0 Å². The number of fused-ring (bicyclic) bond motifs is 2. The van der Waals surface area contributed by atoms with Crippen molar-refractivity contribution in [2.24, 2.45) is 11.8 Å². The highest BCUT2D eigenvalue weighted by Gasteiger charge is 2.41. The van der Waals surface area contributed by atoms with Gasteiger partial charge in [0.15, 0.2) is 0 Å². The maximum absolute atomic E-state index is 12.1. The predicted molar refractivity (Wildman–Crippen MR) is 198 cm³/mol. The number of rotatable bonds is 9. The fourth-order valence-corrected chi connectivity index (χ4v) is 9.24. The van der Waals surface area contributed by atoms with Crippen LogP contribution in [0.1, 0.15) is 61.0 Å². The molecule has 4 aromatic carbocycles. The van der Waals surface area contributed by atoms with Crippen LogP contribution in [0, 0.1) is 11.8 Å². The molecule has 0 amide bonds. The van der Waals surface area contributed by atoms with Crippen LogP contribution in [0.5, 0.6) is 0 Å². The largest absolute Gasteiger partial charge is 0.466 e. The van der Waals surface area contributed by atoms with Crippen molar-refractivity contribution < 1.29 is 19.1 Å². The van der Waals surface area contributed by atoms with Gasteiger partial charge in [-0.1, -0.05) is 96.0 Å². The summed E-state index contributed by atoms with van der Waals surface area (Å²) in [6, 6.07) is 26.5. The molecule has 0 spiro atoms. The van der Waals surface area contributed by atoms with Gasteiger partial charge in [-0.2, -0.15) is 0 Å². The number of esters is 2. The van der Waals surface area contributed by atoms with Crippen molar-refractivity contribution >= 4 is 35.1 Å². The summed E-state index contributed by atoms with van der Waals surface area (Å²) < 4.78 is 10.5. The summed E-state index contributed by atoms with van der Waals surface area (Å²) in [4.78, 5) is 29.1. The van der Waals surface area contributed by atoms with Crippen LogP contribution >= 0.6 is 23.2 Å². The third kappa shape index (κ3) is 5.94. The van der Waals surface area contributed by atoms with Gasteiger partial charge in [-0.3, -0.25) is 19.4 Å². The van der Waals surface area contributed by atoms with E-state index >= 15 is 0 Å². The highest BCUT2D eigenvalue weighted by atomic mass is 35.5. The second kappa shape index (κ2) is 13.8. The third-order valence-corrected chi connectivity index (χ3v) is 12.0. The SMILES string of the molecule is CCOC(=O)C1CN([C@@H]2CCc3cc(-c4cccc(-c5cccc(-c6ccc7c(c6)CC[C@H]7N6CC(C(=O)OCC)C6)c5Cl)c4Cl)ccc32)C1. The van der Waals surface area contributed by atoms with Gasteiger partial charge >= 0.3 is 11.9 Å². The Bertz CT molecular complexity index is 1820. The van der Waals surface area contributed by atoms with Gasteiger partial charge in [-0.15, -0.1) is 0 Å². The van der Waals surface area contributed by atoms with E-state index in [4.69, 9.17) is 32.7 Å². The van der Waals surface area contributed by atoms with Crippen LogP contribution in [-0.2, 0) is 31.9 Å². The number of hydrogen-bond acceptors (Lipinski definition) is 6. The molecule has 2 saturated heterocycles. The van der Waals surface area contributed by atoms with E-state index < -0.39 is 0 Å². The van der Waals surface area contributed by atoms with Crippen LogP contribution in [0.4, 0.5) is 0 Å². The zero-order valence-electron chi connectivity index (χ0n) is 28.6. The molecule has 2 fully saturated rings. The molecule has 4 aliphatic rings. The first kappa shape index (κ1) is 33.5. The first-order valence-corrected chi connectivity index (χ1v) is 18.7. The van der Waals surface area contributed by atoms with Crippen molar-refractivity contribution in [3.05, 3.63) is 105 Å². The maximum atomic E-state index is 12.1. The summed E-state index contributed by atoms with van der Waals surface area (Å²) >= 11 is 14.5. The number of likely N-dealkylation sites (tertiary alicyclic amines) is 2. The fraction of sp³-hybridized carbons (Fsp3) is 0.381. The summed E-state index contributed by atoms with van der Waals surface area (Å²) in [7, 11) is 0. The molecule has 0 saturated carbocycles. The third-order valence-electron chi connectivity index (χ3n) is 11.2. The van der Waals surface area contributed by atoms with Crippen molar-refractivity contribution in [1.29, 1.82) is 0 Å². The molecule has 2 heterocycles. The van der Waals surface area contributed by atoms with Gasteiger partial charge in [0.25, 0.3) is 0 Å². The summed E-state index contributed by atoms with van der Waals surface area (Å²) in [5, 5.41) is 1.38. The van der Waals surface area contributed by atoms with Crippen LogP contribution in [0.15, 0.2) is 72.8 Å². The molecule has 8 rings (SSSR count). The van der Waals surface area contributed by atoms with Crippen LogP contribution in [0.3, 0.4) is 0 Å². The topological polar surface area (TPSA) is 59.1 Å². The number of aryl methyl sites for hydroxylation is 2. The molecular formula is C42H42Cl2N2O4. The fourth-order valence-electron chi connectivity index (χ4n) is 8.56. The number of ether oxygens (including phenoxy) is 2. The second-order valence-electron chi connectivity index (χ2n) is 14.1. The number of halogens is 2. The smallest absolute Gasteiger partial charge is 0.311 e. The number of benzene rings is 4. The van der Waals surface area contributed by atoms with Crippen LogP contribution < -0.4 is 0 Å². The van der Waals surface area contributed by atoms with Crippen LogP contribution in [0.2, 0.25) is 10.0 Å². The standard InChI is InChI=1S/C42H42Cl2N2O4/c1-3-49-41(47)29-21-45(22-29)37-17-13-25-19-27(11-15-31(25)37)33-7-5-9-35(39(33)43)36-10-6-8-34(40(36)44)28-12-16-32-26(20-28)14-18-38(32)46-23-30(24-46)42(48)50-4-2/h5-12,15-16,19-20,29-30,37-38H,3-4,13-14,17-18,21-24H2,1-2H3/t37-,38-/m1/s1. The number of carbonyl (C=O) groups excluding carboxylic acids is 2. The van der Waals surface area contributed by atoms with E-state index in [1.807, 2.05) is 26.0 Å². The molecule has 0 unspecified atom stereocenters. The molecule has 0 aromatic heterocycles. The van der Waals surface area contributed by atoms with Crippen molar-refractivity contribution in [3.8, 4) is 33.4 Å². The van der Waals surface area contributed by atoms with Gasteiger partial charge in [-0.25, -0.2) is 0 Å². The Balaban J connectivity index is 1.01. The molecule has 0 N–H and O–H groups in total. The summed E-state index contributed by atoms with van der Waals surface area (Å²) in [6.45, 7) is 7.65. The van der Waals surface area contributed by atoms with Crippen molar-refractivity contribution in [1.82, 2.24) is 9.80 Å². The quantitative estimate of drug-likeness (QED) is 0.162. The Labute approximate surface area is 304 Å². The number of carbonyl (C=O) groups is 2. The summed E-state index contributed by atoms with van der Waals surface area (Å²) in [5.41, 5.74) is 11.4. The molecule has 0 radical (unpaired) electrons. The molecule has 2 aliphatic carbocycles. The minimum Gasteiger partial charge on any atom is -0.466 e. The Morgan fingerprint density at radius 2 is 1.02 bits per heavy atom. The number of nitrogens with zero attached hydrogens (tertiary/aromatic N) is 2. The van der Waals surface area contributed by atoms with E-state index in [-0.39, 0.29) is 23.8 Å². The lowest BCUT2D eigenvalue weighted by Crippen LogP contribution is -2.51. The van der Waals surface area contributed by atoms with Crippen LogP contribution in [0.25, 0.3) is 33.4 Å². The van der Waals surface area contributed by atoms with Crippen molar-refractivity contribution in [2.45, 2.75) is 51.6 Å². The summed E-state index contributed by atoms with van der Waals surface area (Å²) in [5.74, 6) is -0.172. The molecule has 2 atom stereocenters. The lowest BCUT2D eigenvalue weighted by atomic mass is 9.92. The minimum atomic E-state index is -0.0757. The zero-order chi connectivity index (χ0) is 34.5. The van der Waals surface area contributed by atoms with Crippen molar-refractivity contribution in [2.75, 3.05) is 39.4 Å². The van der Waals surface area contributed by atoms with Gasteiger partial charge in [0, 0.05) is 60.5 Å². The van der Waals surface area contributed by atoms with Crippen LogP contribution in [-0.4, -0.2) is 61.1 Å². The van der Waals surface area contributed by atoms with Gasteiger partial charge in [-0.05, 0) is 72.9 Å². The molecule has 6 nitrogen and oxygen atoms in total. The Kier molecular flexibility index (Phi) is 9.24. The second-order valence-corrected chi connectivity index (χ2v) is 14.8. The molecule has 50 heavy (non-hydrogen) atoms. The van der Waals surface area contributed by atoms with E-state index in [1.165, 1.54) is 22.3 Å². The van der Waals surface area contributed by atoms with Gasteiger partial charge < -0.3 is 9.47 Å². The normalized spacial score (nSPS) is 20.6. The summed E-state index contributed by atoms with van der Waals surface area (Å²) in [6.07, 6.45) is 4.13. The average molecular weight is 710 g/mol. The zero-order valence-corrected chi connectivity index (χ0v) is 30.1. The predicted octanol–water partition coefficient (Wildman–Crippen LogP) is 8.96. The molecule has 0 bridgehead atoms. The molecule has 2 aliphatic heterocycles. The van der Waals surface area contributed by atoms with E-state index in [2.05, 4.69) is 70.5 Å². The number of hydrogen-bond donors (Lipinski definition) is 0. The van der Waals surface area contributed by atoms with Gasteiger partial charge in [0.2, 0.25) is 0 Å². The molecule has 8 heteroatoms. The molecular weight excluding hydrogens is 667 g/mol. The van der Waals surface area contributed by atoms with E-state index in [0.717, 1.165) is 85.2 Å². The minimum absolute atomic E-state index is 0.0102. The van der Waals surface area contributed by atoms with Gasteiger partial charge in [0.05, 0.1) is 35.1 Å². The maximum Gasteiger partial charge on any atom is 0.311 e. The van der Waals surface area contributed by atoms with E-state index in [9.17, 15) is 9.59 Å². The highest BCUT2D eigenvalue weighted by molar-refractivity contribution is 6.39. The lowest BCUT2D eigenvalue weighted by Gasteiger charge is -2.42. The first-order chi connectivity index (χ1) is 24.3. The lowest BCUT2D eigenvalue weighted by molar-refractivity contribution is -0.156. The average Bonchev–Trinajstić information content (AvgIpc) is 3.68. The molecule has 4 aromatic rings. The Hall–Kier alpha value is -3.68. The Morgan fingerprint density at radius 3 is 1.42 bits per heavy atom. The van der Waals surface area contributed by atoms with E-state index in [0.29, 0.717) is 35.3 Å². The first-order valence-electron chi connectivity index (χ1n) is 18.0. The highest BCUT2D eigenvalue weighted by Crippen LogP contribution is 2.46. The molecule has 258 valence electrons. The van der Waals surface area contributed by atoms with Crippen molar-refractivity contribution in [3.63, 3.8) is 0 Å².